The molecule has 1 amide bonds. The van der Waals surface area contributed by atoms with Crippen molar-refractivity contribution in [3.8, 4) is 11.5 Å². The van der Waals surface area contributed by atoms with Crippen molar-refractivity contribution in [3.05, 3.63) is 70.5 Å². The predicted molar refractivity (Wildman–Crippen MR) is 133 cm³/mol. The molecule has 0 aliphatic carbocycles. The molecule has 2 aliphatic heterocycles. The van der Waals surface area contributed by atoms with Gasteiger partial charge in [0.2, 0.25) is 0 Å². The molecule has 196 valence electrons. The highest BCUT2D eigenvalue weighted by molar-refractivity contribution is 6.31. The van der Waals surface area contributed by atoms with Crippen LogP contribution in [-0.2, 0) is 10.7 Å². The van der Waals surface area contributed by atoms with Gasteiger partial charge in [0.25, 0.3) is 5.91 Å². The highest BCUT2D eigenvalue weighted by Crippen LogP contribution is 2.37. The molecular formula is C27H26ClF3N2O4. The number of nitrogens with one attached hydrogen (secondary N) is 1. The first-order valence-corrected chi connectivity index (χ1v) is 12.5. The number of benzene rings is 3. The van der Waals surface area contributed by atoms with E-state index in [0.717, 1.165) is 18.9 Å². The highest BCUT2D eigenvalue weighted by atomic mass is 35.5. The zero-order chi connectivity index (χ0) is 26.2. The van der Waals surface area contributed by atoms with Gasteiger partial charge in [-0.1, -0.05) is 29.8 Å². The van der Waals surface area contributed by atoms with Crippen molar-refractivity contribution < 1.29 is 32.5 Å². The standard InChI is InChI=1S/C27H26ClF3N2O4/c28-20-6-4-16-11-19(5-3-17(16)12-20)27(30,31)26(35)32-22(15-33-7-1-2-8-33)24(34)18-13-21(29)25-23(14-18)36-9-10-37-25/h3-6,11-14,22,24,34H,1-2,7-10,15H2,(H,32,35). The van der Waals surface area contributed by atoms with Crippen LogP contribution >= 0.6 is 11.6 Å². The summed E-state index contributed by atoms with van der Waals surface area (Å²) in [5, 5.41) is 15.1. The smallest absolute Gasteiger partial charge is 0.349 e. The van der Waals surface area contributed by atoms with Crippen LogP contribution in [0, 0.1) is 5.82 Å². The summed E-state index contributed by atoms with van der Waals surface area (Å²) in [6, 6.07) is 10.1. The lowest BCUT2D eigenvalue weighted by Crippen LogP contribution is -2.51. The quantitative estimate of drug-likeness (QED) is 0.455. The molecule has 0 spiro atoms. The first-order valence-electron chi connectivity index (χ1n) is 12.1. The molecule has 3 aromatic carbocycles. The maximum absolute atomic E-state index is 15.4. The average Bonchev–Trinajstić information content (AvgIpc) is 3.40. The van der Waals surface area contributed by atoms with E-state index in [1.807, 2.05) is 4.90 Å². The Morgan fingerprint density at radius 1 is 1.05 bits per heavy atom. The minimum Gasteiger partial charge on any atom is -0.486 e. The number of alkyl halides is 2. The van der Waals surface area contributed by atoms with Gasteiger partial charge in [0.05, 0.1) is 6.04 Å². The number of rotatable bonds is 7. The Hall–Kier alpha value is -3.01. The van der Waals surface area contributed by atoms with E-state index in [-0.39, 0.29) is 36.8 Å². The highest BCUT2D eigenvalue weighted by Gasteiger charge is 2.43. The van der Waals surface area contributed by atoms with E-state index in [1.54, 1.807) is 18.2 Å². The van der Waals surface area contributed by atoms with Crippen LogP contribution in [0.2, 0.25) is 5.02 Å². The van der Waals surface area contributed by atoms with Crippen molar-refractivity contribution in [2.45, 2.75) is 30.9 Å². The van der Waals surface area contributed by atoms with Gasteiger partial charge in [-0.2, -0.15) is 8.78 Å². The lowest BCUT2D eigenvalue weighted by Gasteiger charge is -2.30. The molecule has 6 nitrogen and oxygen atoms in total. The Labute approximate surface area is 216 Å². The van der Waals surface area contributed by atoms with Gasteiger partial charge in [-0.3, -0.25) is 4.79 Å². The summed E-state index contributed by atoms with van der Waals surface area (Å²) in [7, 11) is 0. The first-order chi connectivity index (χ1) is 17.7. The first kappa shape index (κ1) is 25.6. The van der Waals surface area contributed by atoms with Crippen LogP contribution in [0.5, 0.6) is 11.5 Å². The molecule has 0 aromatic heterocycles. The number of halogens is 4. The zero-order valence-electron chi connectivity index (χ0n) is 19.9. The lowest BCUT2D eigenvalue weighted by molar-refractivity contribution is -0.149. The molecule has 2 heterocycles. The summed E-state index contributed by atoms with van der Waals surface area (Å²) in [6.07, 6.45) is 0.378. The molecule has 1 fully saturated rings. The second-order valence-electron chi connectivity index (χ2n) is 9.34. The van der Waals surface area contributed by atoms with Crippen molar-refractivity contribution in [2.75, 3.05) is 32.8 Å². The summed E-state index contributed by atoms with van der Waals surface area (Å²) in [6.45, 7) is 1.94. The number of likely N-dealkylation sites (tertiary alicyclic amines) is 1. The van der Waals surface area contributed by atoms with E-state index in [1.165, 1.54) is 24.3 Å². The molecule has 0 bridgehead atoms. The normalized spacial score (nSPS) is 17.5. The number of ether oxygens (including phenoxy) is 2. The predicted octanol–water partition coefficient (Wildman–Crippen LogP) is 4.81. The largest absolute Gasteiger partial charge is 0.486 e. The van der Waals surface area contributed by atoms with Gasteiger partial charge in [-0.05, 0) is 72.6 Å². The van der Waals surface area contributed by atoms with Gasteiger partial charge in [-0.15, -0.1) is 0 Å². The van der Waals surface area contributed by atoms with E-state index in [4.69, 9.17) is 21.1 Å². The molecule has 1 saturated heterocycles. The molecule has 2 atom stereocenters. The van der Waals surface area contributed by atoms with E-state index >= 15 is 8.78 Å². The molecule has 0 radical (unpaired) electrons. The number of amides is 1. The maximum Gasteiger partial charge on any atom is 0.349 e. The maximum atomic E-state index is 15.4. The summed E-state index contributed by atoms with van der Waals surface area (Å²) < 4.78 is 56.1. The number of carbonyl (C=O) groups excluding carboxylic acids is 1. The Morgan fingerprint density at radius 3 is 2.54 bits per heavy atom. The topological polar surface area (TPSA) is 71.0 Å². The third-order valence-electron chi connectivity index (χ3n) is 6.76. The Bertz CT molecular complexity index is 1320. The van der Waals surface area contributed by atoms with Gasteiger partial charge < -0.3 is 24.8 Å². The zero-order valence-corrected chi connectivity index (χ0v) is 20.6. The fourth-order valence-corrected chi connectivity index (χ4v) is 4.98. The van der Waals surface area contributed by atoms with Gasteiger partial charge >= 0.3 is 5.92 Å². The van der Waals surface area contributed by atoms with E-state index < -0.39 is 35.4 Å². The number of aliphatic hydroxyl groups excluding tert-OH is 1. The average molecular weight is 535 g/mol. The Kier molecular flexibility index (Phi) is 7.20. The molecule has 2 unspecified atom stereocenters. The molecule has 3 aromatic rings. The number of nitrogens with zero attached hydrogens (tertiary/aromatic N) is 1. The van der Waals surface area contributed by atoms with Crippen LogP contribution in [0.25, 0.3) is 10.8 Å². The van der Waals surface area contributed by atoms with Crippen molar-refractivity contribution in [1.82, 2.24) is 10.2 Å². The van der Waals surface area contributed by atoms with Crippen molar-refractivity contribution >= 4 is 28.3 Å². The SMILES string of the molecule is O=C(NC(CN1CCCC1)C(O)c1cc(F)c2c(c1)OCCO2)C(F)(F)c1ccc2cc(Cl)ccc2c1. The lowest BCUT2D eigenvalue weighted by atomic mass is 9.99. The van der Waals surface area contributed by atoms with Crippen LogP contribution in [0.4, 0.5) is 13.2 Å². The van der Waals surface area contributed by atoms with Crippen LogP contribution in [0.3, 0.4) is 0 Å². The van der Waals surface area contributed by atoms with E-state index in [2.05, 4.69) is 5.32 Å². The van der Waals surface area contributed by atoms with Crippen LogP contribution < -0.4 is 14.8 Å². The molecule has 5 rings (SSSR count). The number of carbonyl (C=O) groups is 1. The molecule has 37 heavy (non-hydrogen) atoms. The minimum absolute atomic E-state index is 0.0635. The molecule has 10 heteroatoms. The van der Waals surface area contributed by atoms with Crippen molar-refractivity contribution in [3.63, 3.8) is 0 Å². The van der Waals surface area contributed by atoms with Gasteiger partial charge in [0, 0.05) is 17.1 Å². The Balaban J connectivity index is 1.41. The second kappa shape index (κ2) is 10.4. The third-order valence-corrected chi connectivity index (χ3v) is 7.00. The van der Waals surface area contributed by atoms with Crippen LogP contribution in [-0.4, -0.2) is 54.8 Å². The summed E-state index contributed by atoms with van der Waals surface area (Å²) in [5.41, 5.74) is -0.392. The number of fused-ring (bicyclic) bond motifs is 2. The van der Waals surface area contributed by atoms with Crippen molar-refractivity contribution in [1.29, 1.82) is 0 Å². The number of hydrogen-bond donors (Lipinski definition) is 2. The van der Waals surface area contributed by atoms with E-state index in [0.29, 0.717) is 28.9 Å². The van der Waals surface area contributed by atoms with Crippen molar-refractivity contribution in [2.24, 2.45) is 0 Å². The monoisotopic (exact) mass is 534 g/mol. The second-order valence-corrected chi connectivity index (χ2v) is 9.78. The summed E-state index contributed by atoms with van der Waals surface area (Å²) in [5.74, 6) is -6.12. The van der Waals surface area contributed by atoms with Crippen LogP contribution in [0.1, 0.15) is 30.1 Å². The fraction of sp³-hybridized carbons (Fsp3) is 0.370. The fourth-order valence-electron chi connectivity index (χ4n) is 4.80. The molecule has 2 aliphatic rings. The molecule has 0 saturated carbocycles. The van der Waals surface area contributed by atoms with Gasteiger partial charge in [-0.25, -0.2) is 4.39 Å². The molecular weight excluding hydrogens is 509 g/mol. The van der Waals surface area contributed by atoms with Gasteiger partial charge in [0.1, 0.15) is 19.3 Å². The van der Waals surface area contributed by atoms with Gasteiger partial charge in [0.15, 0.2) is 17.3 Å². The summed E-state index contributed by atoms with van der Waals surface area (Å²) >= 11 is 5.98. The number of aliphatic hydroxyl groups is 1. The van der Waals surface area contributed by atoms with Crippen LogP contribution in [0.15, 0.2) is 48.5 Å². The minimum atomic E-state index is -3.88. The number of hydrogen-bond acceptors (Lipinski definition) is 5. The van der Waals surface area contributed by atoms with E-state index in [9.17, 15) is 14.3 Å². The molecule has 2 N–H and O–H groups in total. The Morgan fingerprint density at radius 2 is 1.76 bits per heavy atom. The summed E-state index contributed by atoms with van der Waals surface area (Å²) in [4.78, 5) is 14.9. The third kappa shape index (κ3) is 5.35.